The molecule has 0 aromatic rings. The molecule has 12 heavy (non-hydrogen) atoms. The molecule has 0 spiro atoms. The van der Waals surface area contributed by atoms with Gasteiger partial charge in [0.15, 0.2) is 0 Å². The van der Waals surface area contributed by atoms with E-state index in [-0.39, 0.29) is 0 Å². The van der Waals surface area contributed by atoms with Crippen LogP contribution in [0.5, 0.6) is 0 Å². The summed E-state index contributed by atoms with van der Waals surface area (Å²) >= 11 is 0. The molecule has 1 fully saturated rings. The monoisotopic (exact) mass is 168 g/mol. The quantitative estimate of drug-likeness (QED) is 0.549. The third-order valence-corrected chi connectivity index (χ3v) is 3.15. The van der Waals surface area contributed by atoms with E-state index in [1.54, 1.807) is 6.92 Å². The minimum Gasteiger partial charge on any atom is -0.300 e. The largest absolute Gasteiger partial charge is 0.300 e. The Morgan fingerprint density at radius 1 is 1.25 bits per heavy atom. The van der Waals surface area contributed by atoms with Crippen molar-refractivity contribution >= 4 is 5.78 Å². The highest BCUT2D eigenvalue weighted by atomic mass is 16.1. The van der Waals surface area contributed by atoms with Gasteiger partial charge in [-0.2, -0.15) is 0 Å². The molecule has 0 N–H and O–H groups in total. The van der Waals surface area contributed by atoms with E-state index in [2.05, 4.69) is 13.8 Å². The summed E-state index contributed by atoms with van der Waals surface area (Å²) in [5.41, 5.74) is 0.476. The fraction of sp³-hybridized carbons (Fsp3) is 0.909. The average molecular weight is 168 g/mol. The molecule has 0 saturated heterocycles. The van der Waals surface area contributed by atoms with Gasteiger partial charge in [0.1, 0.15) is 5.78 Å². The Kier molecular flexibility index (Phi) is 2.92. The van der Waals surface area contributed by atoms with E-state index < -0.39 is 0 Å². The van der Waals surface area contributed by atoms with Gasteiger partial charge in [0, 0.05) is 5.92 Å². The number of rotatable bonds is 1. The number of carbonyl (C=O) groups is 1. The van der Waals surface area contributed by atoms with Gasteiger partial charge >= 0.3 is 0 Å². The lowest BCUT2D eigenvalue weighted by molar-refractivity contribution is -0.121. The first kappa shape index (κ1) is 9.76. The molecule has 1 rings (SSSR count). The molecular formula is C11H20O. The minimum atomic E-state index is 0.367. The topological polar surface area (TPSA) is 17.1 Å². The molecule has 1 aliphatic carbocycles. The fourth-order valence-electron chi connectivity index (χ4n) is 2.07. The summed E-state index contributed by atoms with van der Waals surface area (Å²) in [4.78, 5) is 11.2. The second-order valence-corrected chi connectivity index (χ2v) is 4.90. The number of Topliss-reactive ketones (excluding diaryl/α,β-unsaturated/α-hetero) is 1. The smallest absolute Gasteiger partial charge is 0.132 e. The highest BCUT2D eigenvalue weighted by molar-refractivity contribution is 5.78. The zero-order valence-electron chi connectivity index (χ0n) is 8.52. The van der Waals surface area contributed by atoms with E-state index in [4.69, 9.17) is 0 Å². The lowest BCUT2D eigenvalue weighted by Gasteiger charge is -2.21. The van der Waals surface area contributed by atoms with Gasteiger partial charge in [-0.05, 0) is 38.0 Å². The Morgan fingerprint density at radius 2 is 1.92 bits per heavy atom. The fourth-order valence-corrected chi connectivity index (χ4v) is 2.07. The number of ketones is 1. The normalized spacial score (nSPS) is 29.4. The third-order valence-electron chi connectivity index (χ3n) is 3.15. The van der Waals surface area contributed by atoms with Gasteiger partial charge in [0.25, 0.3) is 0 Å². The first-order chi connectivity index (χ1) is 5.51. The van der Waals surface area contributed by atoms with Crippen molar-refractivity contribution in [2.24, 2.45) is 11.3 Å². The summed E-state index contributed by atoms with van der Waals surface area (Å²) < 4.78 is 0. The van der Waals surface area contributed by atoms with Crippen molar-refractivity contribution < 1.29 is 4.79 Å². The van der Waals surface area contributed by atoms with Crippen LogP contribution in [0, 0.1) is 11.3 Å². The number of hydrogen-bond acceptors (Lipinski definition) is 1. The molecule has 1 aliphatic rings. The third kappa shape index (κ3) is 2.62. The van der Waals surface area contributed by atoms with Crippen LogP contribution in [0.1, 0.15) is 52.9 Å². The van der Waals surface area contributed by atoms with Crippen molar-refractivity contribution in [2.75, 3.05) is 0 Å². The maximum Gasteiger partial charge on any atom is 0.132 e. The molecule has 1 nitrogen and oxygen atoms in total. The van der Waals surface area contributed by atoms with Crippen molar-refractivity contribution in [3.8, 4) is 0 Å². The van der Waals surface area contributed by atoms with Gasteiger partial charge in [0.2, 0.25) is 0 Å². The molecule has 0 radical (unpaired) electrons. The summed E-state index contributed by atoms with van der Waals surface area (Å²) in [6, 6.07) is 0. The molecule has 1 atom stereocenters. The lowest BCUT2D eigenvalue weighted by atomic mass is 9.84. The molecule has 70 valence electrons. The molecule has 0 aromatic heterocycles. The summed E-state index contributed by atoms with van der Waals surface area (Å²) in [6.45, 7) is 6.37. The zero-order valence-corrected chi connectivity index (χ0v) is 8.52. The van der Waals surface area contributed by atoms with E-state index >= 15 is 0 Å². The van der Waals surface area contributed by atoms with Gasteiger partial charge in [0.05, 0.1) is 0 Å². The number of hydrogen-bond donors (Lipinski definition) is 0. The standard InChI is InChI=1S/C11H20O/c1-9(12)10-5-4-7-11(2,3)8-6-10/h10H,4-8H2,1-3H3. The SMILES string of the molecule is CC(=O)C1CCCC(C)(C)CC1. The van der Waals surface area contributed by atoms with Crippen LogP contribution in [0.4, 0.5) is 0 Å². The van der Waals surface area contributed by atoms with Gasteiger partial charge in [-0.25, -0.2) is 0 Å². The van der Waals surface area contributed by atoms with Crippen molar-refractivity contribution in [2.45, 2.75) is 52.9 Å². The maximum absolute atomic E-state index is 11.2. The van der Waals surface area contributed by atoms with Crippen LogP contribution in [0.3, 0.4) is 0 Å². The Hall–Kier alpha value is -0.330. The molecule has 0 aliphatic heterocycles. The Bertz CT molecular complexity index is 170. The summed E-state index contributed by atoms with van der Waals surface area (Å²) in [6.07, 6.45) is 5.98. The zero-order chi connectivity index (χ0) is 9.19. The van der Waals surface area contributed by atoms with E-state index in [0.717, 1.165) is 12.8 Å². The minimum absolute atomic E-state index is 0.367. The first-order valence-corrected chi connectivity index (χ1v) is 5.02. The summed E-state index contributed by atoms with van der Waals surface area (Å²) in [5.74, 6) is 0.763. The lowest BCUT2D eigenvalue weighted by Crippen LogP contribution is -2.12. The van der Waals surface area contributed by atoms with Crippen molar-refractivity contribution in [3.63, 3.8) is 0 Å². The van der Waals surface area contributed by atoms with E-state index in [9.17, 15) is 4.79 Å². The predicted octanol–water partition coefficient (Wildman–Crippen LogP) is 3.18. The van der Waals surface area contributed by atoms with Crippen LogP contribution in [-0.4, -0.2) is 5.78 Å². The molecule has 0 amide bonds. The highest BCUT2D eigenvalue weighted by Gasteiger charge is 2.25. The van der Waals surface area contributed by atoms with Crippen molar-refractivity contribution in [1.29, 1.82) is 0 Å². The van der Waals surface area contributed by atoms with Crippen LogP contribution in [0.15, 0.2) is 0 Å². The van der Waals surface area contributed by atoms with Gasteiger partial charge < -0.3 is 0 Å². The Balaban J connectivity index is 2.50. The molecule has 0 aromatic carbocycles. The van der Waals surface area contributed by atoms with E-state index in [1.165, 1.54) is 19.3 Å². The maximum atomic E-state index is 11.2. The van der Waals surface area contributed by atoms with Crippen LogP contribution >= 0.6 is 0 Å². The van der Waals surface area contributed by atoms with Crippen LogP contribution in [0.25, 0.3) is 0 Å². The van der Waals surface area contributed by atoms with Gasteiger partial charge in [-0.3, -0.25) is 4.79 Å². The van der Waals surface area contributed by atoms with Gasteiger partial charge in [-0.15, -0.1) is 0 Å². The average Bonchev–Trinajstić information content (AvgIpc) is 2.10. The second-order valence-electron chi connectivity index (χ2n) is 4.90. The van der Waals surface area contributed by atoms with E-state index in [0.29, 0.717) is 17.1 Å². The molecular weight excluding hydrogens is 148 g/mol. The molecule has 1 saturated carbocycles. The summed E-state index contributed by atoms with van der Waals surface area (Å²) in [7, 11) is 0. The van der Waals surface area contributed by atoms with Crippen molar-refractivity contribution in [3.05, 3.63) is 0 Å². The molecule has 1 heteroatoms. The Morgan fingerprint density at radius 3 is 2.50 bits per heavy atom. The predicted molar refractivity (Wildman–Crippen MR) is 51.0 cm³/mol. The first-order valence-electron chi connectivity index (χ1n) is 5.02. The molecule has 0 bridgehead atoms. The van der Waals surface area contributed by atoms with Crippen molar-refractivity contribution in [1.82, 2.24) is 0 Å². The summed E-state index contributed by atoms with van der Waals surface area (Å²) in [5, 5.41) is 0. The van der Waals surface area contributed by atoms with Crippen LogP contribution in [-0.2, 0) is 4.79 Å². The van der Waals surface area contributed by atoms with Crippen LogP contribution < -0.4 is 0 Å². The molecule has 1 unspecified atom stereocenters. The molecule has 0 heterocycles. The van der Waals surface area contributed by atoms with Gasteiger partial charge in [-0.1, -0.05) is 20.3 Å². The highest BCUT2D eigenvalue weighted by Crippen LogP contribution is 2.36. The number of carbonyl (C=O) groups excluding carboxylic acids is 1. The second kappa shape index (κ2) is 3.59. The Labute approximate surface area is 75.5 Å². The van der Waals surface area contributed by atoms with Crippen LogP contribution in [0.2, 0.25) is 0 Å². The van der Waals surface area contributed by atoms with E-state index in [1.807, 2.05) is 0 Å².